The number of hydrogen-bond donors (Lipinski definition) is 1. The van der Waals surface area contributed by atoms with Crippen molar-refractivity contribution in [2.75, 3.05) is 6.61 Å². The normalized spacial score (nSPS) is 27.6. The van der Waals surface area contributed by atoms with Crippen LogP contribution in [0, 0.1) is 12.3 Å². The molecule has 0 aromatic rings. The van der Waals surface area contributed by atoms with Gasteiger partial charge in [-0.15, -0.1) is 18.2 Å². The van der Waals surface area contributed by atoms with Gasteiger partial charge in [-0.3, -0.25) is 4.79 Å². The number of alkyl carbamates (subject to hydrolysis) is 1. The minimum absolute atomic E-state index is 0.137. The Balaban J connectivity index is 2.07. The molecule has 7 nitrogen and oxygen atoms in total. The zero-order valence-electron chi connectivity index (χ0n) is 14.4. The third-order valence-electron chi connectivity index (χ3n) is 3.63. The van der Waals surface area contributed by atoms with Crippen LogP contribution in [0.15, 0.2) is 0 Å². The van der Waals surface area contributed by atoms with Crippen LogP contribution in [0.1, 0.15) is 34.6 Å². The number of rotatable bonds is 3. The van der Waals surface area contributed by atoms with Gasteiger partial charge in [0.2, 0.25) is 5.91 Å². The lowest BCUT2D eigenvalue weighted by Crippen LogP contribution is -2.70. The lowest BCUT2D eigenvalue weighted by atomic mass is 9.96. The second kappa shape index (κ2) is 6.20. The number of amides is 2. The first-order valence-corrected chi connectivity index (χ1v) is 8.45. The molecule has 2 aliphatic heterocycles. The number of fused-ring (bicyclic) bond motifs is 1. The van der Waals surface area contributed by atoms with E-state index in [0.717, 1.165) is 0 Å². The van der Waals surface area contributed by atoms with Crippen molar-refractivity contribution in [2.45, 2.75) is 62.4 Å². The minimum atomic E-state index is -0.731. The van der Waals surface area contributed by atoms with Gasteiger partial charge in [-0.1, -0.05) is 5.92 Å². The number of thioether (sulfide) groups is 1. The van der Waals surface area contributed by atoms with E-state index in [0.29, 0.717) is 0 Å². The fourth-order valence-electron chi connectivity index (χ4n) is 2.75. The van der Waals surface area contributed by atoms with E-state index >= 15 is 0 Å². The first-order valence-electron chi connectivity index (χ1n) is 7.57. The first kappa shape index (κ1) is 18.5. The molecule has 0 spiro atoms. The van der Waals surface area contributed by atoms with Crippen molar-refractivity contribution in [1.29, 1.82) is 0 Å². The molecule has 132 valence electrons. The summed E-state index contributed by atoms with van der Waals surface area (Å²) in [4.78, 5) is 38.0. The molecule has 0 aliphatic carbocycles. The quantitative estimate of drug-likeness (QED) is 0.464. The largest absolute Gasteiger partial charge is 0.451 e. The minimum Gasteiger partial charge on any atom is -0.451 e. The Hall–Kier alpha value is -1.88. The maximum absolute atomic E-state index is 12.4. The lowest BCUT2D eigenvalue weighted by Gasteiger charge is -2.43. The molecule has 24 heavy (non-hydrogen) atoms. The van der Waals surface area contributed by atoms with Crippen LogP contribution in [-0.2, 0) is 19.1 Å². The van der Waals surface area contributed by atoms with Crippen molar-refractivity contribution in [3.8, 4) is 12.3 Å². The van der Waals surface area contributed by atoms with E-state index < -0.39 is 34.5 Å². The number of esters is 1. The standard InChI is InChI=1S/C16H22N2O5S/c1-7-8-22-13(20)10-16(5,6)24-12-9(11(19)18(10)12)17-14(21)23-15(2,3)4/h1,9-10,12H,8H2,2-6H3,(H,17,21)/t9-,10+,12-/m1/s1. The predicted molar refractivity (Wildman–Crippen MR) is 89.0 cm³/mol. The Kier molecular flexibility index (Phi) is 4.77. The van der Waals surface area contributed by atoms with Gasteiger partial charge >= 0.3 is 12.1 Å². The summed E-state index contributed by atoms with van der Waals surface area (Å²) < 4.78 is 9.63. The Morgan fingerprint density at radius 1 is 1.42 bits per heavy atom. The zero-order chi connectivity index (χ0) is 18.3. The van der Waals surface area contributed by atoms with E-state index in [9.17, 15) is 14.4 Å². The molecule has 2 heterocycles. The molecular weight excluding hydrogens is 332 g/mol. The number of nitrogens with one attached hydrogen (secondary N) is 1. The average Bonchev–Trinajstić information content (AvgIpc) is 2.69. The van der Waals surface area contributed by atoms with E-state index in [4.69, 9.17) is 15.9 Å². The summed E-state index contributed by atoms with van der Waals surface area (Å²) in [6.45, 7) is 8.80. The number of carbonyl (C=O) groups excluding carboxylic acids is 3. The third kappa shape index (κ3) is 3.46. The summed E-state index contributed by atoms with van der Waals surface area (Å²) in [7, 11) is 0. The SMILES string of the molecule is C#CCOC(=O)[C@@H]1N2C(=O)[C@@H](NC(=O)OC(C)(C)C)[C@H]2SC1(C)C. The van der Waals surface area contributed by atoms with Crippen molar-refractivity contribution >= 4 is 29.7 Å². The van der Waals surface area contributed by atoms with E-state index in [1.54, 1.807) is 20.8 Å². The number of ether oxygens (including phenoxy) is 2. The van der Waals surface area contributed by atoms with Crippen LogP contribution in [0.4, 0.5) is 4.79 Å². The Morgan fingerprint density at radius 3 is 2.58 bits per heavy atom. The van der Waals surface area contributed by atoms with Crippen LogP contribution in [0.5, 0.6) is 0 Å². The molecule has 0 aromatic carbocycles. The highest BCUT2D eigenvalue weighted by molar-refractivity contribution is 8.01. The van der Waals surface area contributed by atoms with Gasteiger partial charge in [-0.2, -0.15) is 0 Å². The number of β-lactam (4-membered cyclic amide) rings is 1. The molecule has 0 bridgehead atoms. The van der Waals surface area contributed by atoms with E-state index in [2.05, 4.69) is 11.2 Å². The molecule has 8 heteroatoms. The molecule has 0 unspecified atom stereocenters. The number of nitrogens with zero attached hydrogens (tertiary/aromatic N) is 1. The van der Waals surface area contributed by atoms with Crippen LogP contribution >= 0.6 is 11.8 Å². The third-order valence-corrected chi connectivity index (χ3v) is 5.21. The van der Waals surface area contributed by atoms with Gasteiger partial charge in [0, 0.05) is 4.75 Å². The van der Waals surface area contributed by atoms with E-state index in [1.165, 1.54) is 16.7 Å². The highest BCUT2D eigenvalue weighted by atomic mass is 32.2. The molecule has 0 saturated carbocycles. The molecule has 1 N–H and O–H groups in total. The number of carbonyl (C=O) groups is 3. The second-order valence-corrected chi connectivity index (χ2v) is 8.97. The molecule has 0 radical (unpaired) electrons. The smallest absolute Gasteiger partial charge is 0.408 e. The predicted octanol–water partition coefficient (Wildman–Crippen LogP) is 1.12. The molecule has 2 rings (SSSR count). The van der Waals surface area contributed by atoms with Crippen LogP contribution in [0.25, 0.3) is 0 Å². The maximum atomic E-state index is 12.4. The molecular formula is C16H22N2O5S. The summed E-state index contributed by atoms with van der Waals surface area (Å²) in [5.74, 6) is 1.38. The van der Waals surface area contributed by atoms with E-state index in [-0.39, 0.29) is 17.9 Å². The maximum Gasteiger partial charge on any atom is 0.408 e. The van der Waals surface area contributed by atoms with Crippen LogP contribution in [0.2, 0.25) is 0 Å². The van der Waals surface area contributed by atoms with Gasteiger partial charge in [0.25, 0.3) is 0 Å². The lowest BCUT2D eigenvalue weighted by molar-refractivity contribution is -0.162. The molecule has 3 atom stereocenters. The Labute approximate surface area is 145 Å². The van der Waals surface area contributed by atoms with Gasteiger partial charge in [-0.05, 0) is 34.6 Å². The average molecular weight is 354 g/mol. The summed E-state index contributed by atoms with van der Waals surface area (Å²) in [6.07, 6.45) is 4.44. The van der Waals surface area contributed by atoms with Crippen LogP contribution in [-0.4, -0.2) is 57.3 Å². The van der Waals surface area contributed by atoms with Gasteiger partial charge in [0.15, 0.2) is 6.61 Å². The Bertz CT molecular complexity index is 605. The van der Waals surface area contributed by atoms with Crippen molar-refractivity contribution in [1.82, 2.24) is 10.2 Å². The van der Waals surface area contributed by atoms with Crippen molar-refractivity contribution in [3.63, 3.8) is 0 Å². The van der Waals surface area contributed by atoms with Crippen molar-refractivity contribution in [2.24, 2.45) is 0 Å². The van der Waals surface area contributed by atoms with Crippen molar-refractivity contribution < 1.29 is 23.9 Å². The highest BCUT2D eigenvalue weighted by Crippen LogP contribution is 2.51. The van der Waals surface area contributed by atoms with Crippen LogP contribution in [0.3, 0.4) is 0 Å². The first-order chi connectivity index (χ1) is 11.0. The Morgan fingerprint density at radius 2 is 2.04 bits per heavy atom. The molecule has 0 aromatic heterocycles. The monoisotopic (exact) mass is 354 g/mol. The summed E-state index contributed by atoms with van der Waals surface area (Å²) in [5, 5.41) is 2.25. The molecule has 2 saturated heterocycles. The number of hydrogen-bond acceptors (Lipinski definition) is 6. The van der Waals surface area contributed by atoms with Gasteiger partial charge in [0.05, 0.1) is 0 Å². The van der Waals surface area contributed by atoms with Gasteiger partial charge in [-0.25, -0.2) is 9.59 Å². The van der Waals surface area contributed by atoms with Gasteiger partial charge in [0.1, 0.15) is 23.1 Å². The van der Waals surface area contributed by atoms with Crippen molar-refractivity contribution in [3.05, 3.63) is 0 Å². The summed E-state index contributed by atoms with van der Waals surface area (Å²) in [5.41, 5.74) is -0.653. The van der Waals surface area contributed by atoms with Crippen LogP contribution < -0.4 is 5.32 Å². The van der Waals surface area contributed by atoms with E-state index in [1.807, 2.05) is 13.8 Å². The topological polar surface area (TPSA) is 84.9 Å². The number of terminal acetylenes is 1. The van der Waals surface area contributed by atoms with Gasteiger partial charge < -0.3 is 19.7 Å². The fourth-order valence-corrected chi connectivity index (χ4v) is 4.37. The zero-order valence-corrected chi connectivity index (χ0v) is 15.2. The second-order valence-electron chi connectivity index (χ2n) is 7.20. The summed E-state index contributed by atoms with van der Waals surface area (Å²) >= 11 is 1.44. The molecule has 2 fully saturated rings. The summed E-state index contributed by atoms with van der Waals surface area (Å²) in [6, 6.07) is -1.44. The fraction of sp³-hybridized carbons (Fsp3) is 0.688. The highest BCUT2D eigenvalue weighted by Gasteiger charge is 2.64. The molecule has 2 amide bonds. The molecule has 2 aliphatic rings.